The lowest BCUT2D eigenvalue weighted by Gasteiger charge is -2.25. The zero-order valence-electron chi connectivity index (χ0n) is 28.6. The molecule has 0 saturated carbocycles. The van der Waals surface area contributed by atoms with Crippen LogP contribution in [0.4, 0.5) is 17.2 Å². The minimum absolute atomic E-state index is 0.622. The molecule has 4 heteroatoms. The highest BCUT2D eigenvalue weighted by Crippen LogP contribution is 2.40. The van der Waals surface area contributed by atoms with E-state index in [9.17, 15) is 0 Å². The van der Waals surface area contributed by atoms with Gasteiger partial charge in [-0.2, -0.15) is 4.98 Å². The summed E-state index contributed by atoms with van der Waals surface area (Å²) in [6.07, 6.45) is 0. The van der Waals surface area contributed by atoms with Crippen LogP contribution < -0.4 is 4.90 Å². The van der Waals surface area contributed by atoms with Gasteiger partial charge < -0.3 is 8.98 Å². The number of nitrogens with zero attached hydrogens (tertiary/aromatic N) is 3. The largest absolute Gasteiger partial charge is 0.438 e. The molecule has 53 heavy (non-hydrogen) atoms. The van der Waals surface area contributed by atoms with Gasteiger partial charge in [-0.25, -0.2) is 0 Å². The molecule has 0 spiro atoms. The number of anilines is 3. The van der Waals surface area contributed by atoms with Crippen LogP contribution in [0.1, 0.15) is 0 Å². The third kappa shape index (κ3) is 4.73. The van der Waals surface area contributed by atoms with E-state index in [0.717, 1.165) is 50.4 Å². The third-order valence-electron chi connectivity index (χ3n) is 10.6. The van der Waals surface area contributed by atoms with Gasteiger partial charge >= 0.3 is 0 Å². The van der Waals surface area contributed by atoms with Crippen molar-refractivity contribution in [3.8, 4) is 16.8 Å². The van der Waals surface area contributed by atoms with Crippen LogP contribution in [0.15, 0.2) is 192 Å². The van der Waals surface area contributed by atoms with Crippen molar-refractivity contribution in [3.63, 3.8) is 0 Å². The van der Waals surface area contributed by atoms with Gasteiger partial charge in [0.2, 0.25) is 5.71 Å². The second-order valence-electron chi connectivity index (χ2n) is 13.6. The maximum Gasteiger partial charge on any atom is 0.229 e. The molecule has 0 fully saturated rings. The summed E-state index contributed by atoms with van der Waals surface area (Å²) in [6, 6.07) is 66.9. The Labute approximate surface area is 305 Å². The van der Waals surface area contributed by atoms with Gasteiger partial charge in [0.1, 0.15) is 11.4 Å². The molecule has 0 aliphatic heterocycles. The van der Waals surface area contributed by atoms with Gasteiger partial charge in [0.15, 0.2) is 0 Å². The molecule has 0 aliphatic carbocycles. The number of para-hydroxylation sites is 3. The molecular weight excluding hydrogens is 647 g/mol. The van der Waals surface area contributed by atoms with Gasteiger partial charge in [0, 0.05) is 38.6 Å². The Hall–Kier alpha value is -7.17. The minimum atomic E-state index is 0.622. The van der Waals surface area contributed by atoms with E-state index in [-0.39, 0.29) is 0 Å². The van der Waals surface area contributed by atoms with E-state index in [1.807, 2.05) is 18.2 Å². The highest BCUT2D eigenvalue weighted by atomic mass is 16.3. The van der Waals surface area contributed by atoms with Crippen molar-refractivity contribution in [3.05, 3.63) is 188 Å². The average molecular weight is 678 g/mol. The summed E-state index contributed by atoms with van der Waals surface area (Å²) in [5, 5.41) is 9.48. The molecule has 0 aliphatic rings. The number of rotatable bonds is 5. The first-order valence-electron chi connectivity index (χ1n) is 18.0. The Bertz CT molecular complexity index is 3140. The zero-order valence-corrected chi connectivity index (χ0v) is 28.6. The fraction of sp³-hybridized carbons (Fsp3) is 0. The average Bonchev–Trinajstić information content (AvgIpc) is 3.76. The molecular formula is C49H31N3O. The molecule has 248 valence electrons. The van der Waals surface area contributed by atoms with Crippen molar-refractivity contribution in [2.75, 3.05) is 4.90 Å². The topological polar surface area (TPSA) is 34.2 Å². The lowest BCUT2D eigenvalue weighted by molar-refractivity contribution is 0.654. The van der Waals surface area contributed by atoms with Crippen molar-refractivity contribution < 1.29 is 4.42 Å². The second-order valence-corrected chi connectivity index (χ2v) is 13.6. The molecule has 11 rings (SSSR count). The molecule has 0 atom stereocenters. The van der Waals surface area contributed by atoms with Crippen LogP contribution in [0, 0.1) is 0 Å². The number of aromatic nitrogens is 2. The van der Waals surface area contributed by atoms with Crippen molar-refractivity contribution >= 4 is 82.6 Å². The summed E-state index contributed by atoms with van der Waals surface area (Å²) in [5.74, 6) is 0.788. The SMILES string of the molecule is c1cc(-c2ccc(-n3c4ccccc4c4ccccc43)cc2)cc(N(c2ccc3c(ccc4ccccc43)c2)c2ccc3c(n2)oc2ccccc23)c1. The van der Waals surface area contributed by atoms with E-state index in [2.05, 4.69) is 179 Å². The predicted molar refractivity (Wildman–Crippen MR) is 221 cm³/mol. The van der Waals surface area contributed by atoms with E-state index < -0.39 is 0 Å². The number of pyridine rings is 1. The van der Waals surface area contributed by atoms with Gasteiger partial charge in [0.25, 0.3) is 0 Å². The standard InChI is InChI=1S/C49H31N3O/c1-2-13-39-33(10-1)20-21-35-31-38(26-27-40(35)39)51(48-29-28-44-43-16-5-8-19-47(43)53-49(44)50-48)37-12-9-11-34(30-37)32-22-24-36(25-23-32)52-45-17-6-3-14-41(45)42-15-4-7-18-46(42)52/h1-31H. The van der Waals surface area contributed by atoms with E-state index in [1.54, 1.807) is 0 Å². The van der Waals surface area contributed by atoms with Gasteiger partial charge in [-0.3, -0.25) is 4.90 Å². The molecule has 0 N–H and O–H groups in total. The molecule has 8 aromatic carbocycles. The van der Waals surface area contributed by atoms with Gasteiger partial charge in [-0.15, -0.1) is 0 Å². The Balaban J connectivity index is 1.04. The third-order valence-corrected chi connectivity index (χ3v) is 10.6. The fourth-order valence-electron chi connectivity index (χ4n) is 8.10. The van der Waals surface area contributed by atoms with Crippen LogP contribution in [-0.2, 0) is 0 Å². The molecule has 0 unspecified atom stereocenters. The van der Waals surface area contributed by atoms with E-state index in [4.69, 9.17) is 9.40 Å². The van der Waals surface area contributed by atoms with Crippen molar-refractivity contribution in [1.29, 1.82) is 0 Å². The van der Waals surface area contributed by atoms with Crippen LogP contribution in [0.5, 0.6) is 0 Å². The summed E-state index contributed by atoms with van der Waals surface area (Å²) >= 11 is 0. The number of furan rings is 1. The van der Waals surface area contributed by atoms with E-state index in [1.165, 1.54) is 43.4 Å². The Morgan fingerprint density at radius 3 is 1.87 bits per heavy atom. The lowest BCUT2D eigenvalue weighted by atomic mass is 10.0. The van der Waals surface area contributed by atoms with Crippen molar-refractivity contribution in [1.82, 2.24) is 9.55 Å². The quantitative estimate of drug-likeness (QED) is 0.170. The molecule has 0 saturated heterocycles. The number of hydrogen-bond acceptors (Lipinski definition) is 3. The zero-order chi connectivity index (χ0) is 34.9. The molecule has 11 aromatic rings. The van der Waals surface area contributed by atoms with Crippen LogP contribution in [0.3, 0.4) is 0 Å². The van der Waals surface area contributed by atoms with Gasteiger partial charge in [-0.1, -0.05) is 121 Å². The number of fused-ring (bicyclic) bond motifs is 9. The molecule has 4 nitrogen and oxygen atoms in total. The molecule has 0 amide bonds. The summed E-state index contributed by atoms with van der Waals surface area (Å²) in [4.78, 5) is 7.38. The first kappa shape index (κ1) is 29.5. The monoisotopic (exact) mass is 677 g/mol. The summed E-state index contributed by atoms with van der Waals surface area (Å²) in [5.41, 5.74) is 9.30. The smallest absolute Gasteiger partial charge is 0.229 e. The summed E-state index contributed by atoms with van der Waals surface area (Å²) < 4.78 is 8.64. The van der Waals surface area contributed by atoms with Crippen molar-refractivity contribution in [2.45, 2.75) is 0 Å². The van der Waals surface area contributed by atoms with E-state index >= 15 is 0 Å². The molecule has 3 aromatic heterocycles. The highest BCUT2D eigenvalue weighted by molar-refractivity contribution is 6.10. The number of hydrogen-bond donors (Lipinski definition) is 0. The molecule has 3 heterocycles. The van der Waals surface area contributed by atoms with Crippen LogP contribution in [-0.4, -0.2) is 9.55 Å². The molecule has 0 bridgehead atoms. The first-order valence-corrected chi connectivity index (χ1v) is 18.0. The van der Waals surface area contributed by atoms with Gasteiger partial charge in [0.05, 0.1) is 11.0 Å². The summed E-state index contributed by atoms with van der Waals surface area (Å²) in [6.45, 7) is 0. The Morgan fingerprint density at radius 2 is 1.06 bits per heavy atom. The maximum atomic E-state index is 6.28. The highest BCUT2D eigenvalue weighted by Gasteiger charge is 2.19. The fourth-order valence-corrected chi connectivity index (χ4v) is 8.10. The Kier molecular flexibility index (Phi) is 6.52. The first-order chi connectivity index (χ1) is 26.3. The number of benzene rings is 8. The normalized spacial score (nSPS) is 11.8. The molecule has 0 radical (unpaired) electrons. The summed E-state index contributed by atoms with van der Waals surface area (Å²) in [7, 11) is 0. The lowest BCUT2D eigenvalue weighted by Crippen LogP contribution is -2.11. The van der Waals surface area contributed by atoms with Gasteiger partial charge in [-0.05, 0) is 99.4 Å². The van der Waals surface area contributed by atoms with E-state index in [0.29, 0.717) is 5.71 Å². The van der Waals surface area contributed by atoms with Crippen LogP contribution in [0.25, 0.3) is 82.2 Å². The predicted octanol–water partition coefficient (Wildman–Crippen LogP) is 13.5. The maximum absolute atomic E-state index is 6.28. The van der Waals surface area contributed by atoms with Crippen LogP contribution >= 0.6 is 0 Å². The van der Waals surface area contributed by atoms with Crippen molar-refractivity contribution in [2.24, 2.45) is 0 Å². The minimum Gasteiger partial charge on any atom is -0.438 e. The Morgan fingerprint density at radius 1 is 0.415 bits per heavy atom. The second kappa shape index (κ2) is 11.7. The van der Waals surface area contributed by atoms with Crippen LogP contribution in [0.2, 0.25) is 0 Å².